The number of nitrogens with one attached hydrogen (secondary N) is 1. The standard InChI is InChI=1S/C17H21BrN4O2S/c1-23-14-8-12(7-13(18)17(14)24-2)10-19-15-9-16(21-11-20-15)22-3-5-25-6-4-22/h7-9,11H,3-6,10H2,1-2H3,(H,19,20,21). The number of thioether (sulfide) groups is 1. The van der Waals surface area contributed by atoms with Gasteiger partial charge < -0.3 is 19.7 Å². The molecule has 1 aromatic carbocycles. The topological polar surface area (TPSA) is 59.5 Å². The highest BCUT2D eigenvalue weighted by Gasteiger charge is 2.14. The van der Waals surface area contributed by atoms with Crippen molar-refractivity contribution >= 4 is 39.3 Å². The Balaban J connectivity index is 1.70. The minimum Gasteiger partial charge on any atom is -0.493 e. The van der Waals surface area contributed by atoms with E-state index >= 15 is 0 Å². The summed E-state index contributed by atoms with van der Waals surface area (Å²) in [6, 6.07) is 5.98. The minimum absolute atomic E-state index is 0.630. The fourth-order valence-corrected chi connectivity index (χ4v) is 4.23. The van der Waals surface area contributed by atoms with Crippen molar-refractivity contribution in [3.8, 4) is 11.5 Å². The number of halogens is 1. The van der Waals surface area contributed by atoms with Crippen LogP contribution in [0.4, 0.5) is 11.6 Å². The molecule has 1 aliphatic rings. The van der Waals surface area contributed by atoms with Gasteiger partial charge in [-0.1, -0.05) is 0 Å². The third-order valence-corrected chi connectivity index (χ3v) is 5.49. The van der Waals surface area contributed by atoms with Crippen molar-refractivity contribution in [3.63, 3.8) is 0 Å². The van der Waals surface area contributed by atoms with Crippen molar-refractivity contribution in [2.24, 2.45) is 0 Å². The highest BCUT2D eigenvalue weighted by atomic mass is 79.9. The van der Waals surface area contributed by atoms with Crippen molar-refractivity contribution in [1.82, 2.24) is 9.97 Å². The lowest BCUT2D eigenvalue weighted by Gasteiger charge is -2.27. The molecular weight excluding hydrogens is 404 g/mol. The largest absolute Gasteiger partial charge is 0.493 e. The summed E-state index contributed by atoms with van der Waals surface area (Å²) in [6.07, 6.45) is 1.62. The van der Waals surface area contributed by atoms with Crippen molar-refractivity contribution < 1.29 is 9.47 Å². The number of benzene rings is 1. The second-order valence-corrected chi connectivity index (χ2v) is 7.61. The van der Waals surface area contributed by atoms with E-state index in [1.54, 1.807) is 20.5 Å². The van der Waals surface area contributed by atoms with E-state index in [2.05, 4.69) is 36.1 Å². The van der Waals surface area contributed by atoms with Crippen molar-refractivity contribution in [3.05, 3.63) is 34.6 Å². The van der Waals surface area contributed by atoms with Crippen molar-refractivity contribution in [1.29, 1.82) is 0 Å². The van der Waals surface area contributed by atoms with Gasteiger partial charge in [-0.05, 0) is 33.6 Å². The third-order valence-electron chi connectivity index (χ3n) is 3.95. The Morgan fingerprint density at radius 3 is 2.68 bits per heavy atom. The van der Waals surface area contributed by atoms with Crippen LogP contribution in [0.3, 0.4) is 0 Å². The fourth-order valence-electron chi connectivity index (χ4n) is 2.68. The van der Waals surface area contributed by atoms with Gasteiger partial charge in [0.05, 0.1) is 18.7 Å². The molecule has 0 bridgehead atoms. The maximum atomic E-state index is 5.39. The third kappa shape index (κ3) is 4.49. The number of rotatable bonds is 6. The van der Waals surface area contributed by atoms with Gasteiger partial charge in [0.1, 0.15) is 18.0 Å². The van der Waals surface area contributed by atoms with Gasteiger partial charge in [0.15, 0.2) is 11.5 Å². The number of aromatic nitrogens is 2. The van der Waals surface area contributed by atoms with Gasteiger partial charge in [-0.15, -0.1) is 0 Å². The van der Waals surface area contributed by atoms with Gasteiger partial charge in [0, 0.05) is 37.2 Å². The molecule has 6 nitrogen and oxygen atoms in total. The molecule has 0 amide bonds. The molecule has 0 radical (unpaired) electrons. The predicted molar refractivity (Wildman–Crippen MR) is 106 cm³/mol. The molecule has 134 valence electrons. The predicted octanol–water partition coefficient (Wildman–Crippen LogP) is 3.42. The lowest BCUT2D eigenvalue weighted by atomic mass is 10.2. The monoisotopic (exact) mass is 424 g/mol. The summed E-state index contributed by atoms with van der Waals surface area (Å²) in [7, 11) is 3.26. The van der Waals surface area contributed by atoms with Crippen LogP contribution in [0.2, 0.25) is 0 Å². The molecule has 0 atom stereocenters. The first-order valence-electron chi connectivity index (χ1n) is 8.00. The molecule has 0 unspecified atom stereocenters. The lowest BCUT2D eigenvalue weighted by Crippen LogP contribution is -2.33. The SMILES string of the molecule is COc1cc(CNc2cc(N3CCSCC3)ncn2)cc(Br)c1OC. The molecule has 1 N–H and O–H groups in total. The van der Waals surface area contributed by atoms with Crippen LogP contribution in [0.15, 0.2) is 29.0 Å². The normalized spacial score (nSPS) is 14.3. The number of hydrogen-bond acceptors (Lipinski definition) is 7. The second kappa shape index (κ2) is 8.62. The first-order chi connectivity index (χ1) is 12.2. The van der Waals surface area contributed by atoms with E-state index < -0.39 is 0 Å². The second-order valence-electron chi connectivity index (χ2n) is 5.53. The van der Waals surface area contributed by atoms with E-state index in [4.69, 9.17) is 9.47 Å². The van der Waals surface area contributed by atoms with Gasteiger partial charge in [-0.2, -0.15) is 11.8 Å². The summed E-state index contributed by atoms with van der Waals surface area (Å²) in [6.45, 7) is 2.69. The average Bonchev–Trinajstić information content (AvgIpc) is 2.66. The zero-order valence-electron chi connectivity index (χ0n) is 14.3. The Hall–Kier alpha value is -1.67. The fraction of sp³-hybridized carbons (Fsp3) is 0.412. The number of anilines is 2. The summed E-state index contributed by atoms with van der Waals surface area (Å²) in [4.78, 5) is 11.0. The molecule has 1 fully saturated rings. The summed E-state index contributed by atoms with van der Waals surface area (Å²) >= 11 is 5.51. The Morgan fingerprint density at radius 1 is 1.16 bits per heavy atom. The Labute approximate surface area is 160 Å². The van der Waals surface area contributed by atoms with E-state index in [0.29, 0.717) is 18.0 Å². The van der Waals surface area contributed by atoms with E-state index in [0.717, 1.165) is 46.3 Å². The molecule has 0 saturated carbocycles. The van der Waals surface area contributed by atoms with E-state index in [-0.39, 0.29) is 0 Å². The summed E-state index contributed by atoms with van der Waals surface area (Å²) in [5.74, 6) is 5.47. The lowest BCUT2D eigenvalue weighted by molar-refractivity contribution is 0.352. The van der Waals surface area contributed by atoms with E-state index in [1.165, 1.54) is 0 Å². The zero-order chi connectivity index (χ0) is 17.6. The van der Waals surface area contributed by atoms with E-state index in [9.17, 15) is 0 Å². The highest BCUT2D eigenvalue weighted by Crippen LogP contribution is 2.36. The maximum absolute atomic E-state index is 5.39. The Kier molecular flexibility index (Phi) is 6.25. The number of nitrogens with zero attached hydrogens (tertiary/aromatic N) is 3. The first kappa shape index (κ1) is 18.1. The summed E-state index contributed by atoms with van der Waals surface area (Å²) in [5.41, 5.74) is 1.07. The van der Waals surface area contributed by atoms with Crippen LogP contribution in [0.25, 0.3) is 0 Å². The molecule has 0 spiro atoms. The van der Waals surface area contributed by atoms with Gasteiger partial charge in [0.25, 0.3) is 0 Å². The van der Waals surface area contributed by atoms with Crippen molar-refractivity contribution in [2.75, 3.05) is 49.0 Å². The van der Waals surface area contributed by atoms with Gasteiger partial charge >= 0.3 is 0 Å². The van der Waals surface area contributed by atoms with Crippen LogP contribution in [0, 0.1) is 0 Å². The van der Waals surface area contributed by atoms with Crippen LogP contribution in [0.5, 0.6) is 11.5 Å². The van der Waals surface area contributed by atoms with Gasteiger partial charge in [-0.25, -0.2) is 9.97 Å². The molecule has 2 heterocycles. The van der Waals surface area contributed by atoms with Crippen LogP contribution >= 0.6 is 27.7 Å². The minimum atomic E-state index is 0.630. The molecule has 3 rings (SSSR count). The molecule has 8 heteroatoms. The van der Waals surface area contributed by atoms with Crippen molar-refractivity contribution in [2.45, 2.75) is 6.54 Å². The van der Waals surface area contributed by atoms with Crippen LogP contribution in [-0.2, 0) is 6.54 Å². The highest BCUT2D eigenvalue weighted by molar-refractivity contribution is 9.10. The van der Waals surface area contributed by atoms with E-state index in [1.807, 2.05) is 30.0 Å². The molecule has 1 aliphatic heterocycles. The van der Waals surface area contributed by atoms with Crippen LogP contribution in [0.1, 0.15) is 5.56 Å². The summed E-state index contributed by atoms with van der Waals surface area (Å²) < 4.78 is 11.6. The van der Waals surface area contributed by atoms with Gasteiger partial charge in [-0.3, -0.25) is 0 Å². The summed E-state index contributed by atoms with van der Waals surface area (Å²) in [5, 5.41) is 3.36. The number of methoxy groups -OCH3 is 2. The van der Waals surface area contributed by atoms with Gasteiger partial charge in [0.2, 0.25) is 0 Å². The van der Waals surface area contributed by atoms with Crippen LogP contribution in [-0.4, -0.2) is 48.8 Å². The number of ether oxygens (including phenoxy) is 2. The maximum Gasteiger partial charge on any atom is 0.174 e. The molecular formula is C17H21BrN4O2S. The molecule has 0 aliphatic carbocycles. The molecule has 25 heavy (non-hydrogen) atoms. The quantitative estimate of drug-likeness (QED) is 0.761. The average molecular weight is 425 g/mol. The Bertz CT molecular complexity index is 726. The smallest absolute Gasteiger partial charge is 0.174 e. The number of hydrogen-bond donors (Lipinski definition) is 1. The molecule has 1 aromatic heterocycles. The molecule has 2 aromatic rings. The van der Waals surface area contributed by atoms with Crippen LogP contribution < -0.4 is 19.7 Å². The first-order valence-corrected chi connectivity index (χ1v) is 9.95. The molecule has 1 saturated heterocycles. The Morgan fingerprint density at radius 2 is 1.96 bits per heavy atom. The zero-order valence-corrected chi connectivity index (χ0v) is 16.7.